The van der Waals surface area contributed by atoms with Crippen LogP contribution in [-0.4, -0.2) is 20.6 Å². The molecule has 3 aromatic heterocycles. The van der Waals surface area contributed by atoms with Crippen LogP contribution in [0.5, 0.6) is 0 Å². The zero-order chi connectivity index (χ0) is 19.8. The fraction of sp³-hybridized carbons (Fsp3) is 0.167. The summed E-state index contributed by atoms with van der Waals surface area (Å²) in [7, 11) is 0. The highest BCUT2D eigenvalue weighted by molar-refractivity contribution is 5.92. The lowest BCUT2D eigenvalue weighted by Gasteiger charge is -2.18. The zero-order valence-corrected chi connectivity index (χ0v) is 15.9. The van der Waals surface area contributed by atoms with E-state index in [1.165, 1.54) is 23.3 Å². The van der Waals surface area contributed by atoms with Gasteiger partial charge in [-0.1, -0.05) is 12.1 Å². The van der Waals surface area contributed by atoms with Crippen LogP contribution in [0.15, 0.2) is 73.2 Å². The summed E-state index contributed by atoms with van der Waals surface area (Å²) in [5, 5.41) is 4.88. The van der Waals surface area contributed by atoms with Crippen molar-refractivity contribution in [1.29, 1.82) is 0 Å². The number of nitrogens with zero attached hydrogens (tertiary/aromatic N) is 3. The summed E-state index contributed by atoms with van der Waals surface area (Å²) >= 11 is 0. The predicted molar refractivity (Wildman–Crippen MR) is 114 cm³/mol. The van der Waals surface area contributed by atoms with Gasteiger partial charge in [0, 0.05) is 35.8 Å². The molecular formula is C24H21FN4. The summed E-state index contributed by atoms with van der Waals surface area (Å²) in [6.45, 7) is 0. The lowest BCUT2D eigenvalue weighted by Crippen LogP contribution is -2.21. The Labute approximate surface area is 168 Å². The molecule has 0 saturated carbocycles. The van der Waals surface area contributed by atoms with Gasteiger partial charge in [-0.2, -0.15) is 5.10 Å². The Kier molecular flexibility index (Phi) is 4.45. The van der Waals surface area contributed by atoms with Crippen LogP contribution in [0.3, 0.4) is 0 Å². The molecule has 4 aromatic rings. The number of benzene rings is 1. The Balaban J connectivity index is 1.69. The molecule has 1 aliphatic carbocycles. The van der Waals surface area contributed by atoms with Gasteiger partial charge in [0.15, 0.2) is 0 Å². The third-order valence-electron chi connectivity index (χ3n) is 5.54. The summed E-state index contributed by atoms with van der Waals surface area (Å²) < 4.78 is 15.4. The quantitative estimate of drug-likeness (QED) is 0.535. The topological polar surface area (TPSA) is 56.2 Å². The number of hydrogen-bond donors (Lipinski definition) is 1. The molecule has 4 nitrogen and oxygen atoms in total. The van der Waals surface area contributed by atoms with Gasteiger partial charge in [0.25, 0.3) is 0 Å². The summed E-state index contributed by atoms with van der Waals surface area (Å²) in [4.78, 5) is 4.14. The van der Waals surface area contributed by atoms with Gasteiger partial charge in [-0.25, -0.2) is 8.91 Å². The van der Waals surface area contributed by atoms with Gasteiger partial charge in [0.05, 0.1) is 5.52 Å². The number of allylic oxidation sites excluding steroid dienone is 1. The highest BCUT2D eigenvalue weighted by Crippen LogP contribution is 2.36. The molecule has 0 radical (unpaired) electrons. The first-order valence-electron chi connectivity index (χ1n) is 9.83. The second kappa shape index (κ2) is 7.26. The Bertz CT molecular complexity index is 1190. The Morgan fingerprint density at radius 1 is 0.931 bits per heavy atom. The van der Waals surface area contributed by atoms with Crippen molar-refractivity contribution in [2.24, 2.45) is 5.73 Å². The normalized spacial score (nSPS) is 16.8. The van der Waals surface area contributed by atoms with Crippen LogP contribution < -0.4 is 5.73 Å². The van der Waals surface area contributed by atoms with Crippen molar-refractivity contribution in [2.45, 2.75) is 25.3 Å². The molecule has 144 valence electrons. The number of pyridine rings is 2. The third-order valence-corrected chi connectivity index (χ3v) is 5.54. The minimum absolute atomic E-state index is 0.257. The number of rotatable bonds is 3. The first kappa shape index (κ1) is 17.8. The molecule has 0 amide bonds. The van der Waals surface area contributed by atoms with Gasteiger partial charge < -0.3 is 5.73 Å². The molecule has 5 rings (SSSR count). The molecule has 0 aliphatic heterocycles. The maximum absolute atomic E-state index is 13.5. The molecule has 1 aliphatic rings. The molecule has 3 heterocycles. The van der Waals surface area contributed by atoms with E-state index in [0.717, 1.165) is 47.2 Å². The third kappa shape index (κ3) is 3.34. The van der Waals surface area contributed by atoms with Gasteiger partial charge >= 0.3 is 0 Å². The second-order valence-electron chi connectivity index (χ2n) is 7.48. The van der Waals surface area contributed by atoms with Gasteiger partial charge in [0.1, 0.15) is 11.5 Å². The van der Waals surface area contributed by atoms with E-state index >= 15 is 0 Å². The fourth-order valence-electron chi connectivity index (χ4n) is 3.97. The van der Waals surface area contributed by atoms with Crippen LogP contribution in [0.4, 0.5) is 4.39 Å². The van der Waals surface area contributed by atoms with Crippen molar-refractivity contribution < 1.29 is 4.39 Å². The number of nitrogens with two attached hydrogens (primary N) is 1. The monoisotopic (exact) mass is 384 g/mol. The smallest absolute Gasteiger partial charge is 0.123 e. The Morgan fingerprint density at radius 3 is 2.41 bits per heavy atom. The van der Waals surface area contributed by atoms with Crippen LogP contribution in [0.2, 0.25) is 0 Å². The maximum atomic E-state index is 13.5. The molecule has 0 bridgehead atoms. The van der Waals surface area contributed by atoms with E-state index in [9.17, 15) is 4.39 Å². The summed E-state index contributed by atoms with van der Waals surface area (Å²) in [5.74, 6) is -0.257. The van der Waals surface area contributed by atoms with E-state index in [1.807, 2.05) is 16.6 Å². The molecular weight excluding hydrogens is 363 g/mol. The molecule has 5 heteroatoms. The molecule has 29 heavy (non-hydrogen) atoms. The number of aromatic nitrogens is 3. The molecule has 1 atom stereocenters. The first-order valence-corrected chi connectivity index (χ1v) is 9.83. The summed E-state index contributed by atoms with van der Waals surface area (Å²) in [5.41, 5.74) is 13.3. The second-order valence-corrected chi connectivity index (χ2v) is 7.48. The maximum Gasteiger partial charge on any atom is 0.123 e. The molecule has 1 unspecified atom stereocenters. The van der Waals surface area contributed by atoms with Crippen LogP contribution >= 0.6 is 0 Å². The van der Waals surface area contributed by atoms with Crippen LogP contribution in [0.25, 0.3) is 33.5 Å². The van der Waals surface area contributed by atoms with Gasteiger partial charge in [-0.15, -0.1) is 0 Å². The lowest BCUT2D eigenvalue weighted by atomic mass is 9.92. The van der Waals surface area contributed by atoms with E-state index in [-0.39, 0.29) is 11.9 Å². The van der Waals surface area contributed by atoms with Crippen molar-refractivity contribution in [1.82, 2.24) is 14.6 Å². The van der Waals surface area contributed by atoms with E-state index in [0.29, 0.717) is 0 Å². The summed E-state index contributed by atoms with van der Waals surface area (Å²) in [6, 6.07) is 15.0. The highest BCUT2D eigenvalue weighted by atomic mass is 19.1. The minimum atomic E-state index is -0.257. The number of fused-ring (bicyclic) bond motifs is 1. The van der Waals surface area contributed by atoms with Gasteiger partial charge in [-0.05, 0) is 78.4 Å². The van der Waals surface area contributed by atoms with Crippen molar-refractivity contribution >= 4 is 11.1 Å². The van der Waals surface area contributed by atoms with E-state index in [2.05, 4.69) is 29.4 Å². The van der Waals surface area contributed by atoms with Crippen LogP contribution in [0.1, 0.15) is 24.8 Å². The Morgan fingerprint density at radius 2 is 1.69 bits per heavy atom. The molecule has 0 saturated heterocycles. The van der Waals surface area contributed by atoms with E-state index in [4.69, 9.17) is 10.8 Å². The van der Waals surface area contributed by atoms with E-state index < -0.39 is 0 Å². The van der Waals surface area contributed by atoms with Crippen molar-refractivity contribution in [3.8, 4) is 22.4 Å². The predicted octanol–water partition coefficient (Wildman–Crippen LogP) is 5.10. The molecule has 0 spiro atoms. The highest BCUT2D eigenvalue weighted by Gasteiger charge is 2.18. The van der Waals surface area contributed by atoms with Crippen molar-refractivity contribution in [2.75, 3.05) is 0 Å². The molecule has 1 aromatic carbocycles. The molecule has 0 fully saturated rings. The zero-order valence-electron chi connectivity index (χ0n) is 15.9. The number of halogens is 1. The van der Waals surface area contributed by atoms with Crippen molar-refractivity contribution in [3.05, 3.63) is 84.6 Å². The summed E-state index contributed by atoms with van der Waals surface area (Å²) in [6.07, 6.45) is 10.8. The average molecular weight is 384 g/mol. The SMILES string of the molecule is NC1CC=C(c2ccc3c(-c4ccncc4)c(-c4ccc(F)cc4)nn3c2)CC1. The van der Waals surface area contributed by atoms with Gasteiger partial charge in [0.2, 0.25) is 0 Å². The number of hydrogen-bond acceptors (Lipinski definition) is 3. The minimum Gasteiger partial charge on any atom is -0.327 e. The van der Waals surface area contributed by atoms with Gasteiger partial charge in [-0.3, -0.25) is 4.98 Å². The van der Waals surface area contributed by atoms with E-state index in [1.54, 1.807) is 24.5 Å². The van der Waals surface area contributed by atoms with Crippen LogP contribution in [0, 0.1) is 5.82 Å². The molecule has 2 N–H and O–H groups in total. The lowest BCUT2D eigenvalue weighted by molar-refractivity contribution is 0.614. The average Bonchev–Trinajstić information content (AvgIpc) is 3.14. The first-order chi connectivity index (χ1) is 14.2. The largest absolute Gasteiger partial charge is 0.327 e. The fourth-order valence-corrected chi connectivity index (χ4v) is 3.97. The Hall–Kier alpha value is -3.31. The van der Waals surface area contributed by atoms with Crippen LogP contribution in [-0.2, 0) is 0 Å². The van der Waals surface area contributed by atoms with Crippen molar-refractivity contribution in [3.63, 3.8) is 0 Å². The standard InChI is InChI=1S/C24H21FN4/c25-20-6-1-18(2-7-20)24-23(17-11-13-27-14-12-17)22-10-5-19(15-29(22)28-24)16-3-8-21(26)9-4-16/h1-3,5-7,10-15,21H,4,8-9,26H2.